The molecule has 4 aromatic rings. The molecular weight excluding hydrogens is 384 g/mol. The van der Waals surface area contributed by atoms with Crippen LogP contribution in [0.5, 0.6) is 0 Å². The second-order valence-electron chi connectivity index (χ2n) is 6.33. The lowest BCUT2D eigenvalue weighted by Crippen LogP contribution is -2.16. The molecule has 0 fully saturated rings. The van der Waals surface area contributed by atoms with Crippen LogP contribution in [0.25, 0.3) is 11.0 Å². The molecule has 0 unspecified atom stereocenters. The summed E-state index contributed by atoms with van der Waals surface area (Å²) in [6.07, 6.45) is 0. The van der Waals surface area contributed by atoms with Gasteiger partial charge in [-0.3, -0.25) is 0 Å². The van der Waals surface area contributed by atoms with Crippen LogP contribution in [0.3, 0.4) is 0 Å². The van der Waals surface area contributed by atoms with Crippen LogP contribution in [0, 0.1) is 11.3 Å². The molecule has 0 saturated carbocycles. The predicted octanol–water partition coefficient (Wildman–Crippen LogP) is 4.05. The topological polar surface area (TPSA) is 99.0 Å². The molecule has 1 N–H and O–H groups in total. The van der Waals surface area contributed by atoms with Crippen molar-refractivity contribution in [3.63, 3.8) is 0 Å². The zero-order valence-electron chi connectivity index (χ0n) is 15.2. The van der Waals surface area contributed by atoms with Crippen LogP contribution < -0.4 is 0 Å². The van der Waals surface area contributed by atoms with Gasteiger partial charge in [0.05, 0.1) is 27.7 Å². The van der Waals surface area contributed by atoms with E-state index in [1.165, 1.54) is 12.1 Å². The summed E-state index contributed by atoms with van der Waals surface area (Å²) in [5.41, 5.74) is 2.12. The monoisotopic (exact) mass is 400 g/mol. The van der Waals surface area contributed by atoms with Crippen LogP contribution >= 0.6 is 0 Å². The second kappa shape index (κ2) is 7.70. The molecule has 0 amide bonds. The summed E-state index contributed by atoms with van der Waals surface area (Å²) in [5.74, 6) is -0.636. The normalized spacial score (nSPS) is 13.1. The zero-order valence-corrected chi connectivity index (χ0v) is 16.0. The van der Waals surface area contributed by atoms with Crippen LogP contribution in [-0.2, 0) is 10.0 Å². The number of fused-ring (bicyclic) bond motifs is 1. The van der Waals surface area contributed by atoms with Gasteiger partial charge in [0.25, 0.3) is 10.0 Å². The van der Waals surface area contributed by atoms with E-state index in [4.69, 9.17) is 0 Å². The maximum Gasteiger partial charge on any atom is 0.282 e. The maximum atomic E-state index is 12.9. The number of aromatic amines is 1. The van der Waals surface area contributed by atoms with E-state index in [1.54, 1.807) is 42.5 Å². The van der Waals surface area contributed by atoms with Crippen molar-refractivity contribution in [2.45, 2.75) is 10.8 Å². The summed E-state index contributed by atoms with van der Waals surface area (Å²) in [4.78, 5) is 7.66. The number of rotatable bonds is 5. The van der Waals surface area contributed by atoms with E-state index >= 15 is 0 Å². The summed E-state index contributed by atoms with van der Waals surface area (Å²) in [7, 11) is -4.01. The summed E-state index contributed by atoms with van der Waals surface area (Å²) in [6, 6.07) is 26.3. The lowest BCUT2D eigenvalue weighted by molar-refractivity contribution is 0.598. The number of hydrogen-bond donors (Lipinski definition) is 1. The van der Waals surface area contributed by atoms with Gasteiger partial charge in [0.1, 0.15) is 11.7 Å². The number of benzene rings is 3. The van der Waals surface area contributed by atoms with Crippen molar-refractivity contribution in [3.05, 3.63) is 96.3 Å². The van der Waals surface area contributed by atoms with E-state index in [0.717, 1.165) is 5.52 Å². The van der Waals surface area contributed by atoms with Gasteiger partial charge in [0, 0.05) is 0 Å². The Labute approximate surface area is 168 Å². The largest absolute Gasteiger partial charge is 0.341 e. The summed E-state index contributed by atoms with van der Waals surface area (Å²) < 4.78 is 29.9. The predicted molar refractivity (Wildman–Crippen MR) is 111 cm³/mol. The maximum absolute atomic E-state index is 12.9. The molecule has 0 aliphatic heterocycles. The first-order chi connectivity index (χ1) is 14.1. The highest BCUT2D eigenvalue weighted by Crippen LogP contribution is 2.24. The van der Waals surface area contributed by atoms with Gasteiger partial charge < -0.3 is 4.98 Å². The van der Waals surface area contributed by atoms with Crippen LogP contribution in [0.4, 0.5) is 0 Å². The molecule has 0 aliphatic rings. The molecule has 1 atom stereocenters. The first-order valence-corrected chi connectivity index (χ1v) is 10.3. The third kappa shape index (κ3) is 3.79. The van der Waals surface area contributed by atoms with Gasteiger partial charge in [-0.25, -0.2) is 4.98 Å². The van der Waals surface area contributed by atoms with E-state index in [0.29, 0.717) is 16.9 Å². The number of para-hydroxylation sites is 2. The Morgan fingerprint density at radius 3 is 2.21 bits per heavy atom. The second-order valence-corrected chi connectivity index (χ2v) is 7.94. The van der Waals surface area contributed by atoms with Crippen molar-refractivity contribution in [1.29, 1.82) is 5.26 Å². The molecule has 0 spiro atoms. The number of H-pyrrole nitrogens is 1. The average Bonchev–Trinajstić information content (AvgIpc) is 3.18. The Hall–Kier alpha value is -3.76. The number of aromatic nitrogens is 2. The molecule has 142 valence electrons. The van der Waals surface area contributed by atoms with E-state index in [2.05, 4.69) is 20.4 Å². The van der Waals surface area contributed by atoms with E-state index in [-0.39, 0.29) is 10.6 Å². The number of hydrogen-bond acceptors (Lipinski definition) is 4. The van der Waals surface area contributed by atoms with E-state index < -0.39 is 15.9 Å². The fraction of sp³-hybridized carbons (Fsp3) is 0.0455. The van der Waals surface area contributed by atoms with Crippen LogP contribution in [0.2, 0.25) is 0 Å². The summed E-state index contributed by atoms with van der Waals surface area (Å²) >= 11 is 0. The van der Waals surface area contributed by atoms with Crippen molar-refractivity contribution >= 4 is 26.8 Å². The number of nitrogens with zero attached hydrogens (tertiary/aromatic N) is 3. The molecule has 1 heterocycles. The van der Waals surface area contributed by atoms with Gasteiger partial charge in [0.15, 0.2) is 0 Å². The molecule has 7 heteroatoms. The minimum Gasteiger partial charge on any atom is -0.341 e. The molecule has 0 radical (unpaired) electrons. The molecule has 29 heavy (non-hydrogen) atoms. The first kappa shape index (κ1) is 18.6. The van der Waals surface area contributed by atoms with Gasteiger partial charge in [-0.05, 0) is 29.8 Å². The highest BCUT2D eigenvalue weighted by Gasteiger charge is 2.26. The van der Waals surface area contributed by atoms with Crippen molar-refractivity contribution in [1.82, 2.24) is 9.97 Å². The van der Waals surface area contributed by atoms with Gasteiger partial charge in [-0.15, -0.1) is 0 Å². The molecule has 0 aliphatic carbocycles. The zero-order chi connectivity index (χ0) is 20.3. The highest BCUT2D eigenvalue weighted by molar-refractivity contribution is 7.90. The number of imidazole rings is 1. The smallest absolute Gasteiger partial charge is 0.282 e. The third-order valence-electron chi connectivity index (χ3n) is 4.41. The molecule has 6 nitrogen and oxygen atoms in total. The number of nitriles is 1. The molecular formula is C22H16N4O2S. The van der Waals surface area contributed by atoms with Crippen LogP contribution in [-0.4, -0.2) is 24.1 Å². The lowest BCUT2D eigenvalue weighted by atomic mass is 9.97. The van der Waals surface area contributed by atoms with Crippen molar-refractivity contribution < 1.29 is 8.42 Å². The molecule has 0 bridgehead atoms. The van der Waals surface area contributed by atoms with Crippen molar-refractivity contribution in [3.8, 4) is 6.07 Å². The molecule has 1 aromatic heterocycles. The van der Waals surface area contributed by atoms with Gasteiger partial charge in [-0.2, -0.15) is 18.1 Å². The minimum atomic E-state index is -4.01. The van der Waals surface area contributed by atoms with E-state index in [9.17, 15) is 13.7 Å². The number of sulfonamides is 1. The SMILES string of the molecule is N#C[C@@H](C(=NS(=O)(=O)c1ccccc1)c1ccccc1)c1nc2ccccc2[nH]1. The molecule has 4 rings (SSSR count). The average molecular weight is 400 g/mol. The fourth-order valence-electron chi connectivity index (χ4n) is 3.02. The Morgan fingerprint density at radius 1 is 0.931 bits per heavy atom. The number of nitrogens with one attached hydrogen (secondary N) is 1. The van der Waals surface area contributed by atoms with Gasteiger partial charge in [-0.1, -0.05) is 60.7 Å². The summed E-state index contributed by atoms with van der Waals surface area (Å²) in [6.45, 7) is 0. The quantitative estimate of drug-likeness (QED) is 0.511. The van der Waals surface area contributed by atoms with Crippen molar-refractivity contribution in [2.24, 2.45) is 4.40 Å². The third-order valence-corrected chi connectivity index (χ3v) is 5.72. The minimum absolute atomic E-state index is 0.0646. The van der Waals surface area contributed by atoms with Crippen LogP contribution in [0.15, 0.2) is 94.2 Å². The standard InChI is InChI=1S/C22H16N4O2S/c23-15-18(22-24-19-13-7-8-14-20(19)25-22)21(16-9-3-1-4-10-16)26-29(27,28)17-11-5-2-6-12-17/h1-14,18H,(H,24,25)/t18-/m0/s1. The fourth-order valence-corrected chi connectivity index (χ4v) is 4.09. The van der Waals surface area contributed by atoms with Gasteiger partial charge in [0.2, 0.25) is 0 Å². The Balaban J connectivity index is 1.89. The molecule has 3 aromatic carbocycles. The highest BCUT2D eigenvalue weighted by atomic mass is 32.2. The Morgan fingerprint density at radius 2 is 1.55 bits per heavy atom. The van der Waals surface area contributed by atoms with E-state index in [1.807, 2.05) is 30.3 Å². The lowest BCUT2D eigenvalue weighted by Gasteiger charge is -2.11. The Kier molecular flexibility index (Phi) is 4.94. The van der Waals surface area contributed by atoms with Crippen LogP contribution in [0.1, 0.15) is 17.3 Å². The first-order valence-electron chi connectivity index (χ1n) is 8.88. The van der Waals surface area contributed by atoms with Crippen molar-refractivity contribution in [2.75, 3.05) is 0 Å². The summed E-state index contributed by atoms with van der Waals surface area (Å²) in [5, 5.41) is 9.92. The van der Waals surface area contributed by atoms with Gasteiger partial charge >= 0.3 is 0 Å². The molecule has 0 saturated heterocycles. The Bertz CT molecular complexity index is 1290.